The van der Waals surface area contributed by atoms with E-state index in [4.69, 9.17) is 11.6 Å². The van der Waals surface area contributed by atoms with Crippen LogP contribution in [0.5, 0.6) is 0 Å². The van der Waals surface area contributed by atoms with E-state index in [0.717, 1.165) is 44.2 Å². The lowest BCUT2D eigenvalue weighted by Crippen LogP contribution is -2.15. The second-order valence-electron chi connectivity index (χ2n) is 6.52. The average Bonchev–Trinajstić information content (AvgIpc) is 3.22. The largest absolute Gasteiger partial charge is 0.326 e. The molecular weight excluding hydrogens is 306 g/mol. The number of nitrogens with one attached hydrogen (secondary N) is 1. The van der Waals surface area contributed by atoms with Crippen molar-refractivity contribution in [1.29, 1.82) is 0 Å². The molecule has 1 saturated carbocycles. The van der Waals surface area contributed by atoms with E-state index < -0.39 is 0 Å². The summed E-state index contributed by atoms with van der Waals surface area (Å²) in [5.74, 6) is 1.43. The van der Waals surface area contributed by atoms with E-state index in [0.29, 0.717) is 16.9 Å². The maximum absolute atomic E-state index is 12.6. The molecule has 2 nitrogen and oxygen atoms in total. The number of hydrogen-bond donors (Lipinski definition) is 1. The molecule has 0 aliphatic heterocycles. The first-order valence-corrected chi connectivity index (χ1v) is 9.00. The van der Waals surface area contributed by atoms with Gasteiger partial charge in [0, 0.05) is 16.6 Å². The van der Waals surface area contributed by atoms with Gasteiger partial charge in [-0.05, 0) is 74.6 Å². The zero-order chi connectivity index (χ0) is 16.1. The minimum atomic E-state index is 0.171. The van der Waals surface area contributed by atoms with Gasteiger partial charge in [-0.3, -0.25) is 4.79 Å². The van der Waals surface area contributed by atoms with E-state index in [2.05, 4.69) is 29.6 Å². The second kappa shape index (κ2) is 7.83. The zero-order valence-electron chi connectivity index (χ0n) is 13.4. The zero-order valence-corrected chi connectivity index (χ0v) is 14.1. The fraction of sp³-hybridized carbons (Fsp3) is 0.450. The van der Waals surface area contributed by atoms with Gasteiger partial charge >= 0.3 is 0 Å². The summed E-state index contributed by atoms with van der Waals surface area (Å²) in [7, 11) is 0. The highest BCUT2D eigenvalue weighted by Crippen LogP contribution is 2.52. The summed E-state index contributed by atoms with van der Waals surface area (Å²) in [5, 5.41) is 3.74. The van der Waals surface area contributed by atoms with Crippen molar-refractivity contribution in [3.8, 4) is 0 Å². The van der Waals surface area contributed by atoms with Gasteiger partial charge in [0.2, 0.25) is 5.91 Å². The topological polar surface area (TPSA) is 29.1 Å². The summed E-state index contributed by atoms with van der Waals surface area (Å²) < 4.78 is 0. The molecule has 2 aliphatic carbocycles. The number of allylic oxidation sites excluding steroid dienone is 4. The molecule has 3 rings (SSSR count). The van der Waals surface area contributed by atoms with E-state index >= 15 is 0 Å². The van der Waals surface area contributed by atoms with Crippen molar-refractivity contribution in [3.05, 3.63) is 53.6 Å². The number of carbonyl (C=O) groups is 1. The van der Waals surface area contributed by atoms with Crippen LogP contribution in [-0.2, 0) is 4.79 Å². The fourth-order valence-corrected chi connectivity index (χ4v) is 3.75. The number of hydrogen-bond acceptors (Lipinski definition) is 1. The summed E-state index contributed by atoms with van der Waals surface area (Å²) in [6, 6.07) is 7.34. The van der Waals surface area contributed by atoms with Crippen LogP contribution in [-0.4, -0.2) is 5.91 Å². The Balaban J connectivity index is 1.60. The molecule has 1 aromatic rings. The first-order chi connectivity index (χ1) is 11.3. The smallest absolute Gasteiger partial charge is 0.228 e. The van der Waals surface area contributed by atoms with Crippen LogP contribution in [0.3, 0.4) is 0 Å². The van der Waals surface area contributed by atoms with Gasteiger partial charge in [-0.2, -0.15) is 0 Å². The molecule has 1 N–H and O–H groups in total. The predicted octanol–water partition coefficient (Wildman–Crippen LogP) is 5.61. The number of benzene rings is 1. The number of fused-ring (bicyclic) bond motifs is 1. The van der Waals surface area contributed by atoms with Crippen molar-refractivity contribution in [2.45, 2.75) is 38.5 Å². The number of amides is 1. The van der Waals surface area contributed by atoms with Crippen LogP contribution in [0.2, 0.25) is 5.02 Å². The number of rotatable bonds is 2. The van der Waals surface area contributed by atoms with Crippen molar-refractivity contribution in [3.63, 3.8) is 0 Å². The average molecular weight is 330 g/mol. The number of halogens is 1. The fourth-order valence-electron chi connectivity index (χ4n) is 3.62. The Kier molecular flexibility index (Phi) is 5.56. The highest BCUT2D eigenvalue weighted by atomic mass is 35.5. The first-order valence-electron chi connectivity index (χ1n) is 8.62. The molecule has 1 amide bonds. The standard InChI is InChI=1S/C20H24ClNO/c21-15-11-13-16(14-12-15)22-20(23)19-17-9-7-5-3-1-2-4-6-8-10-18(17)19/h3-6,11-14,17-19H,1-2,7-10H2,(H,22,23). The first kappa shape index (κ1) is 16.3. The van der Waals surface area contributed by atoms with Gasteiger partial charge in [0.25, 0.3) is 0 Å². The lowest BCUT2D eigenvalue weighted by atomic mass is 10.1. The van der Waals surface area contributed by atoms with E-state index in [1.54, 1.807) is 0 Å². The molecule has 2 aliphatic rings. The van der Waals surface area contributed by atoms with Crippen LogP contribution >= 0.6 is 11.6 Å². The molecule has 0 heterocycles. The van der Waals surface area contributed by atoms with Gasteiger partial charge in [0.05, 0.1) is 0 Å². The normalized spacial score (nSPS) is 27.4. The van der Waals surface area contributed by atoms with Gasteiger partial charge in [-0.25, -0.2) is 0 Å². The number of carbonyl (C=O) groups excluding carboxylic acids is 1. The SMILES string of the molecule is O=C(Nc1ccc(Cl)cc1)C1C2CCC=CCCC=CCCC21. The van der Waals surface area contributed by atoms with Crippen LogP contribution in [0.25, 0.3) is 0 Å². The minimum Gasteiger partial charge on any atom is -0.326 e. The molecule has 2 atom stereocenters. The van der Waals surface area contributed by atoms with Crippen molar-refractivity contribution in [2.75, 3.05) is 5.32 Å². The molecule has 23 heavy (non-hydrogen) atoms. The summed E-state index contributed by atoms with van der Waals surface area (Å²) in [6.45, 7) is 0. The Hall–Kier alpha value is -1.54. The Morgan fingerprint density at radius 2 is 1.39 bits per heavy atom. The molecule has 0 radical (unpaired) electrons. The van der Waals surface area contributed by atoms with Crippen LogP contribution < -0.4 is 5.32 Å². The lowest BCUT2D eigenvalue weighted by Gasteiger charge is -2.05. The lowest BCUT2D eigenvalue weighted by molar-refractivity contribution is -0.117. The maximum atomic E-state index is 12.6. The van der Waals surface area contributed by atoms with Crippen molar-refractivity contribution < 1.29 is 4.79 Å². The number of anilines is 1. The monoisotopic (exact) mass is 329 g/mol. The third-order valence-corrected chi connectivity index (χ3v) is 5.16. The molecule has 0 spiro atoms. The maximum Gasteiger partial charge on any atom is 0.228 e. The molecular formula is C20H24ClNO. The quantitative estimate of drug-likeness (QED) is 0.702. The highest BCUT2D eigenvalue weighted by molar-refractivity contribution is 6.30. The summed E-state index contributed by atoms with van der Waals surface area (Å²) in [5.41, 5.74) is 0.835. The molecule has 122 valence electrons. The third kappa shape index (κ3) is 4.48. The predicted molar refractivity (Wildman–Crippen MR) is 96.5 cm³/mol. The Morgan fingerprint density at radius 3 is 1.96 bits per heavy atom. The van der Waals surface area contributed by atoms with Gasteiger partial charge < -0.3 is 5.32 Å². The van der Waals surface area contributed by atoms with Gasteiger partial charge in [0.1, 0.15) is 0 Å². The van der Waals surface area contributed by atoms with Crippen LogP contribution in [0.4, 0.5) is 5.69 Å². The van der Waals surface area contributed by atoms with Gasteiger partial charge in [-0.1, -0.05) is 35.9 Å². The Morgan fingerprint density at radius 1 is 0.870 bits per heavy atom. The molecule has 0 saturated heterocycles. The van der Waals surface area contributed by atoms with Gasteiger partial charge in [0.15, 0.2) is 0 Å². The highest BCUT2D eigenvalue weighted by Gasteiger charge is 2.52. The van der Waals surface area contributed by atoms with E-state index in [1.165, 1.54) is 0 Å². The van der Waals surface area contributed by atoms with Crippen molar-refractivity contribution in [2.24, 2.45) is 17.8 Å². The summed E-state index contributed by atoms with van der Waals surface area (Å²) in [6.07, 6.45) is 15.8. The summed E-state index contributed by atoms with van der Waals surface area (Å²) in [4.78, 5) is 12.6. The molecule has 3 heteroatoms. The van der Waals surface area contributed by atoms with Crippen molar-refractivity contribution in [1.82, 2.24) is 0 Å². The van der Waals surface area contributed by atoms with Crippen LogP contribution in [0.1, 0.15) is 38.5 Å². The van der Waals surface area contributed by atoms with Crippen LogP contribution in [0.15, 0.2) is 48.6 Å². The molecule has 0 aromatic heterocycles. The second-order valence-corrected chi connectivity index (χ2v) is 6.96. The molecule has 2 unspecified atom stereocenters. The van der Waals surface area contributed by atoms with Gasteiger partial charge in [-0.15, -0.1) is 0 Å². The van der Waals surface area contributed by atoms with Crippen molar-refractivity contribution >= 4 is 23.2 Å². The minimum absolute atomic E-state index is 0.171. The Bertz CT molecular complexity index is 566. The van der Waals surface area contributed by atoms with E-state index in [1.807, 2.05) is 24.3 Å². The molecule has 1 fully saturated rings. The van der Waals surface area contributed by atoms with E-state index in [9.17, 15) is 4.79 Å². The van der Waals surface area contributed by atoms with Crippen LogP contribution in [0, 0.1) is 17.8 Å². The van der Waals surface area contributed by atoms with E-state index in [-0.39, 0.29) is 11.8 Å². The molecule has 0 bridgehead atoms. The summed E-state index contributed by atoms with van der Waals surface area (Å²) >= 11 is 5.89. The Labute approximate surface area is 143 Å². The molecule has 1 aromatic carbocycles. The third-order valence-electron chi connectivity index (χ3n) is 4.91.